The molecular formula is C13H9BrClFN2O2. The molecule has 0 fully saturated rings. The fourth-order valence-electron chi connectivity index (χ4n) is 1.64. The number of nitrogens with one attached hydrogen (secondary N) is 1. The molecule has 104 valence electrons. The predicted molar refractivity (Wildman–Crippen MR) is 79.5 cm³/mol. The monoisotopic (exact) mass is 358 g/mol. The van der Waals surface area contributed by atoms with Gasteiger partial charge in [-0.2, -0.15) is 0 Å². The second kappa shape index (κ2) is 6.19. The van der Waals surface area contributed by atoms with Crippen LogP contribution in [0.1, 0.15) is 5.56 Å². The highest BCUT2D eigenvalue weighted by atomic mass is 79.9. The van der Waals surface area contributed by atoms with Crippen LogP contribution in [-0.4, -0.2) is 4.92 Å². The molecule has 4 nitrogen and oxygen atoms in total. The van der Waals surface area contributed by atoms with Crippen molar-refractivity contribution in [3.05, 3.63) is 67.4 Å². The Labute approximate surface area is 127 Å². The van der Waals surface area contributed by atoms with Crippen LogP contribution in [-0.2, 0) is 6.54 Å². The number of nitro groups is 1. The van der Waals surface area contributed by atoms with Crippen molar-refractivity contribution >= 4 is 38.9 Å². The lowest BCUT2D eigenvalue weighted by Gasteiger charge is -2.08. The minimum absolute atomic E-state index is 0.0764. The van der Waals surface area contributed by atoms with Crippen LogP contribution in [0.3, 0.4) is 0 Å². The van der Waals surface area contributed by atoms with Crippen LogP contribution in [0.4, 0.5) is 15.8 Å². The van der Waals surface area contributed by atoms with E-state index in [2.05, 4.69) is 21.2 Å². The maximum atomic E-state index is 13.1. The van der Waals surface area contributed by atoms with E-state index < -0.39 is 4.92 Å². The summed E-state index contributed by atoms with van der Waals surface area (Å²) in [6.45, 7) is 0.330. The lowest BCUT2D eigenvalue weighted by molar-refractivity contribution is -0.384. The van der Waals surface area contributed by atoms with Gasteiger partial charge in [0, 0.05) is 22.8 Å². The molecule has 0 saturated carbocycles. The van der Waals surface area contributed by atoms with Crippen LogP contribution in [0.2, 0.25) is 5.02 Å². The summed E-state index contributed by atoms with van der Waals surface area (Å²) in [5.74, 6) is -0.341. The van der Waals surface area contributed by atoms with E-state index in [1.165, 1.54) is 24.3 Å². The summed E-state index contributed by atoms with van der Waals surface area (Å²) in [6.07, 6.45) is 0. The van der Waals surface area contributed by atoms with Crippen molar-refractivity contribution in [2.45, 2.75) is 6.54 Å². The first-order chi connectivity index (χ1) is 9.47. The van der Waals surface area contributed by atoms with Gasteiger partial charge in [-0.3, -0.25) is 10.1 Å². The first-order valence-electron chi connectivity index (χ1n) is 5.59. The van der Waals surface area contributed by atoms with E-state index >= 15 is 0 Å². The molecule has 0 saturated heterocycles. The van der Waals surface area contributed by atoms with Gasteiger partial charge < -0.3 is 5.32 Å². The molecule has 0 unspecified atom stereocenters. The van der Waals surface area contributed by atoms with Crippen LogP contribution in [0.25, 0.3) is 0 Å². The second-order valence-electron chi connectivity index (χ2n) is 4.01. The smallest absolute Gasteiger partial charge is 0.289 e. The van der Waals surface area contributed by atoms with Gasteiger partial charge in [-0.15, -0.1) is 0 Å². The van der Waals surface area contributed by atoms with E-state index in [0.717, 1.165) is 4.47 Å². The molecule has 7 heteroatoms. The largest absolute Gasteiger partial charge is 0.381 e. The quantitative estimate of drug-likeness (QED) is 0.632. The molecule has 0 spiro atoms. The molecule has 20 heavy (non-hydrogen) atoms. The normalized spacial score (nSPS) is 10.3. The van der Waals surface area contributed by atoms with E-state index in [4.69, 9.17) is 11.6 Å². The molecule has 0 aliphatic carbocycles. The summed E-state index contributed by atoms with van der Waals surface area (Å²) < 4.78 is 13.9. The van der Waals surface area contributed by atoms with E-state index in [-0.39, 0.29) is 16.5 Å². The van der Waals surface area contributed by atoms with Crippen LogP contribution in [0.5, 0.6) is 0 Å². The van der Waals surface area contributed by atoms with Crippen LogP contribution in [0, 0.1) is 15.9 Å². The average Bonchev–Trinajstić information content (AvgIpc) is 2.41. The average molecular weight is 360 g/mol. The molecule has 0 aromatic heterocycles. The molecule has 2 rings (SSSR count). The first-order valence-corrected chi connectivity index (χ1v) is 6.76. The van der Waals surface area contributed by atoms with Crippen molar-refractivity contribution in [2.24, 2.45) is 0 Å². The fraction of sp³-hybridized carbons (Fsp3) is 0.0769. The minimum atomic E-state index is -0.550. The Morgan fingerprint density at radius 3 is 2.75 bits per heavy atom. The number of nitro benzene ring substituents is 1. The number of rotatable bonds is 4. The topological polar surface area (TPSA) is 55.2 Å². The zero-order valence-electron chi connectivity index (χ0n) is 10.1. The molecule has 0 heterocycles. The molecule has 0 aliphatic rings. The number of hydrogen-bond acceptors (Lipinski definition) is 3. The highest BCUT2D eigenvalue weighted by Gasteiger charge is 2.12. The van der Waals surface area contributed by atoms with Crippen LogP contribution >= 0.6 is 27.5 Å². The summed E-state index contributed by atoms with van der Waals surface area (Å²) in [6, 6.07) is 8.76. The van der Waals surface area contributed by atoms with Crippen LogP contribution in [0.15, 0.2) is 40.9 Å². The molecule has 2 aromatic rings. The standard InChI is InChI=1S/C13H9BrClFN2O2/c14-11-3-1-9(16)5-8(11)7-17-10-2-4-12(15)13(6-10)18(19)20/h1-6,17H,7H2. The van der Waals surface area contributed by atoms with E-state index in [9.17, 15) is 14.5 Å². The van der Waals surface area contributed by atoms with Crippen molar-refractivity contribution in [1.82, 2.24) is 0 Å². The molecule has 0 atom stereocenters. The zero-order valence-corrected chi connectivity index (χ0v) is 12.4. The van der Waals surface area contributed by atoms with Gasteiger partial charge in [0.05, 0.1) is 4.92 Å². The molecular weight excluding hydrogens is 351 g/mol. The zero-order chi connectivity index (χ0) is 14.7. The lowest BCUT2D eigenvalue weighted by atomic mass is 10.2. The Bertz CT molecular complexity index is 667. The third kappa shape index (κ3) is 3.46. The summed E-state index contributed by atoms with van der Waals surface area (Å²) in [5.41, 5.74) is 1.08. The number of benzene rings is 2. The Morgan fingerprint density at radius 2 is 2.05 bits per heavy atom. The molecule has 0 amide bonds. The number of anilines is 1. The number of hydrogen-bond donors (Lipinski definition) is 1. The summed E-state index contributed by atoms with van der Waals surface area (Å²) in [4.78, 5) is 10.2. The fourth-order valence-corrected chi connectivity index (χ4v) is 2.21. The highest BCUT2D eigenvalue weighted by molar-refractivity contribution is 9.10. The summed E-state index contributed by atoms with van der Waals surface area (Å²) in [5, 5.41) is 13.9. The predicted octanol–water partition coefficient (Wildman–Crippen LogP) is 4.76. The maximum absolute atomic E-state index is 13.1. The van der Waals surface area contributed by atoms with Crippen molar-refractivity contribution in [3.8, 4) is 0 Å². The summed E-state index contributed by atoms with van der Waals surface area (Å²) >= 11 is 9.05. The van der Waals surface area contributed by atoms with E-state index in [1.54, 1.807) is 12.1 Å². The Kier molecular flexibility index (Phi) is 4.57. The van der Waals surface area contributed by atoms with Gasteiger partial charge in [0.15, 0.2) is 0 Å². The van der Waals surface area contributed by atoms with E-state index in [1.807, 2.05) is 0 Å². The van der Waals surface area contributed by atoms with Gasteiger partial charge in [0.1, 0.15) is 10.8 Å². The van der Waals surface area contributed by atoms with E-state index in [0.29, 0.717) is 17.8 Å². The van der Waals surface area contributed by atoms with Gasteiger partial charge in [-0.1, -0.05) is 27.5 Å². The van der Waals surface area contributed by atoms with Crippen LogP contribution < -0.4 is 5.32 Å². The van der Waals surface area contributed by atoms with Gasteiger partial charge in [0.2, 0.25) is 0 Å². The molecule has 0 radical (unpaired) electrons. The first kappa shape index (κ1) is 14.7. The Hall–Kier alpha value is -1.66. The molecule has 2 aromatic carbocycles. The molecule has 1 N–H and O–H groups in total. The van der Waals surface area contributed by atoms with Gasteiger partial charge in [-0.25, -0.2) is 4.39 Å². The lowest BCUT2D eigenvalue weighted by Crippen LogP contribution is -2.01. The maximum Gasteiger partial charge on any atom is 0.289 e. The highest BCUT2D eigenvalue weighted by Crippen LogP contribution is 2.28. The third-order valence-corrected chi connectivity index (χ3v) is 3.73. The number of nitrogens with zero attached hydrogens (tertiary/aromatic N) is 1. The van der Waals surface area contributed by atoms with Crippen molar-refractivity contribution in [1.29, 1.82) is 0 Å². The van der Waals surface area contributed by atoms with Gasteiger partial charge >= 0.3 is 0 Å². The molecule has 0 bridgehead atoms. The third-order valence-electron chi connectivity index (χ3n) is 2.63. The van der Waals surface area contributed by atoms with Crippen molar-refractivity contribution in [2.75, 3.05) is 5.32 Å². The van der Waals surface area contributed by atoms with Gasteiger partial charge in [-0.05, 0) is 35.9 Å². The second-order valence-corrected chi connectivity index (χ2v) is 5.27. The Morgan fingerprint density at radius 1 is 1.30 bits per heavy atom. The van der Waals surface area contributed by atoms with Crippen molar-refractivity contribution in [3.63, 3.8) is 0 Å². The molecule has 0 aliphatic heterocycles. The van der Waals surface area contributed by atoms with Crippen molar-refractivity contribution < 1.29 is 9.31 Å². The Balaban J connectivity index is 2.17. The van der Waals surface area contributed by atoms with Gasteiger partial charge in [0.25, 0.3) is 5.69 Å². The SMILES string of the molecule is O=[N+]([O-])c1cc(NCc2cc(F)ccc2Br)ccc1Cl. The number of halogens is 3. The summed E-state index contributed by atoms with van der Waals surface area (Å²) in [7, 11) is 0. The minimum Gasteiger partial charge on any atom is -0.381 e.